The van der Waals surface area contributed by atoms with E-state index in [-0.39, 0.29) is 17.5 Å². The lowest BCUT2D eigenvalue weighted by atomic mass is 10.0. The molecule has 2 aliphatic heterocycles. The first-order chi connectivity index (χ1) is 12.0. The van der Waals surface area contributed by atoms with Crippen LogP contribution < -0.4 is 9.80 Å². The summed E-state index contributed by atoms with van der Waals surface area (Å²) in [4.78, 5) is 20.5. The van der Waals surface area contributed by atoms with E-state index >= 15 is 0 Å². The van der Waals surface area contributed by atoms with Crippen LogP contribution in [0.5, 0.6) is 0 Å². The minimum atomic E-state index is -4.73. The Morgan fingerprint density at radius 1 is 1.38 bits per heavy atom. The van der Waals surface area contributed by atoms with E-state index in [4.69, 9.17) is 5.26 Å². The number of halogens is 3. The molecule has 26 heavy (non-hydrogen) atoms. The van der Waals surface area contributed by atoms with Gasteiger partial charge < -0.3 is 9.80 Å². The molecule has 6 nitrogen and oxygen atoms in total. The maximum atomic E-state index is 13.2. The number of anilines is 2. The fourth-order valence-electron chi connectivity index (χ4n) is 3.38. The normalized spacial score (nSPS) is 23.7. The maximum absolute atomic E-state index is 13.2. The number of piperazine rings is 1. The largest absolute Gasteiger partial charge is 0.419 e. The Balaban J connectivity index is 2.17. The zero-order valence-corrected chi connectivity index (χ0v) is 15.4. The predicted octanol–water partition coefficient (Wildman–Crippen LogP) is 2.10. The monoisotopic (exact) mass is 385 g/mol. The standard InChI is InChI=1S/C16H18F3N5OS/c1-9(2)23-4-5-24-13-12(22(3)14(25)15(24,26)8-23)6-10(16(17,18)19)11(7-20)21-13/h6,9,26H,4-5,8H2,1-3H3/t15-/m0/s1. The molecule has 0 aromatic carbocycles. The first-order valence-electron chi connectivity index (χ1n) is 8.05. The van der Waals surface area contributed by atoms with Gasteiger partial charge >= 0.3 is 6.18 Å². The predicted molar refractivity (Wildman–Crippen MR) is 93.1 cm³/mol. The topological polar surface area (TPSA) is 63.5 Å². The number of carbonyl (C=O) groups excluding carboxylic acids is 1. The van der Waals surface area contributed by atoms with Gasteiger partial charge in [0.05, 0.1) is 11.3 Å². The van der Waals surface area contributed by atoms with Crippen molar-refractivity contribution in [3.05, 3.63) is 17.3 Å². The van der Waals surface area contributed by atoms with Gasteiger partial charge in [-0.05, 0) is 19.9 Å². The number of hydrogen-bond acceptors (Lipinski definition) is 6. The summed E-state index contributed by atoms with van der Waals surface area (Å²) in [5.74, 6) is -0.242. The highest BCUT2D eigenvalue weighted by molar-refractivity contribution is 7.83. The number of fused-ring (bicyclic) bond motifs is 3. The molecule has 1 aromatic heterocycles. The van der Waals surface area contributed by atoms with Crippen molar-refractivity contribution in [3.8, 4) is 6.07 Å². The summed E-state index contributed by atoms with van der Waals surface area (Å²) in [5, 5.41) is 9.14. The maximum Gasteiger partial charge on any atom is 0.419 e. The third-order valence-electron chi connectivity index (χ3n) is 4.87. The molecule has 1 fully saturated rings. The van der Waals surface area contributed by atoms with E-state index in [2.05, 4.69) is 22.5 Å². The van der Waals surface area contributed by atoms with Gasteiger partial charge in [0, 0.05) is 32.7 Å². The molecule has 1 saturated heterocycles. The number of hydrogen-bond donors (Lipinski definition) is 1. The van der Waals surface area contributed by atoms with Gasteiger partial charge in [-0.15, -0.1) is 12.6 Å². The van der Waals surface area contributed by atoms with Crippen LogP contribution in [0.25, 0.3) is 0 Å². The van der Waals surface area contributed by atoms with Gasteiger partial charge in [0.2, 0.25) is 0 Å². The average Bonchev–Trinajstić information content (AvgIpc) is 2.57. The molecule has 1 atom stereocenters. The summed E-state index contributed by atoms with van der Waals surface area (Å²) >= 11 is 4.60. The molecule has 1 amide bonds. The van der Waals surface area contributed by atoms with Crippen molar-refractivity contribution in [2.45, 2.75) is 30.9 Å². The van der Waals surface area contributed by atoms with Crippen LogP contribution in [-0.2, 0) is 11.0 Å². The highest BCUT2D eigenvalue weighted by Gasteiger charge is 2.52. The molecule has 0 N–H and O–H groups in total. The number of carbonyl (C=O) groups is 1. The van der Waals surface area contributed by atoms with E-state index in [9.17, 15) is 18.0 Å². The Hall–Kier alpha value is -1.99. The summed E-state index contributed by atoms with van der Waals surface area (Å²) in [6, 6.07) is 2.53. The van der Waals surface area contributed by atoms with E-state index in [1.54, 1.807) is 4.90 Å². The van der Waals surface area contributed by atoms with Gasteiger partial charge in [-0.25, -0.2) is 4.98 Å². The molecule has 3 heterocycles. The Labute approximate surface area is 154 Å². The molecular formula is C16H18F3N5OS. The Morgan fingerprint density at radius 3 is 2.58 bits per heavy atom. The van der Waals surface area contributed by atoms with E-state index < -0.39 is 28.2 Å². The van der Waals surface area contributed by atoms with Crippen molar-refractivity contribution in [2.75, 3.05) is 36.5 Å². The highest BCUT2D eigenvalue weighted by Crippen LogP contribution is 2.45. The number of amides is 1. The van der Waals surface area contributed by atoms with Crippen molar-refractivity contribution in [1.82, 2.24) is 9.88 Å². The molecule has 0 bridgehead atoms. The third-order valence-corrected chi connectivity index (χ3v) is 5.44. The van der Waals surface area contributed by atoms with Crippen LogP contribution >= 0.6 is 12.6 Å². The minimum Gasteiger partial charge on any atom is -0.330 e. The first kappa shape index (κ1) is 18.8. The second-order valence-electron chi connectivity index (χ2n) is 6.73. The fraction of sp³-hybridized carbons (Fsp3) is 0.562. The number of aromatic nitrogens is 1. The van der Waals surface area contributed by atoms with E-state index in [0.717, 1.165) is 11.0 Å². The molecule has 0 radical (unpaired) electrons. The van der Waals surface area contributed by atoms with Crippen LogP contribution in [-0.4, -0.2) is 53.4 Å². The summed E-state index contributed by atoms with van der Waals surface area (Å²) in [6.07, 6.45) is -4.73. The molecular weight excluding hydrogens is 367 g/mol. The molecule has 0 saturated carbocycles. The van der Waals surface area contributed by atoms with Crippen LogP contribution in [0.15, 0.2) is 6.07 Å². The fourth-order valence-corrected chi connectivity index (χ4v) is 3.91. The van der Waals surface area contributed by atoms with Crippen molar-refractivity contribution < 1.29 is 18.0 Å². The zero-order valence-electron chi connectivity index (χ0n) is 14.5. The molecule has 0 aliphatic carbocycles. The average molecular weight is 385 g/mol. The van der Waals surface area contributed by atoms with Gasteiger partial charge in [0.1, 0.15) is 6.07 Å². The molecule has 1 aromatic rings. The van der Waals surface area contributed by atoms with Crippen molar-refractivity contribution >= 4 is 30.0 Å². The number of likely N-dealkylation sites (N-methyl/N-ethyl adjacent to an activating group) is 1. The van der Waals surface area contributed by atoms with Crippen LogP contribution in [0.2, 0.25) is 0 Å². The molecule has 0 spiro atoms. The minimum absolute atomic E-state index is 0.0315. The van der Waals surface area contributed by atoms with Crippen LogP contribution in [0.1, 0.15) is 25.1 Å². The van der Waals surface area contributed by atoms with Gasteiger partial charge in [-0.3, -0.25) is 9.69 Å². The summed E-state index contributed by atoms with van der Waals surface area (Å²) < 4.78 is 39.7. The van der Waals surface area contributed by atoms with E-state index in [1.165, 1.54) is 13.1 Å². The lowest BCUT2D eigenvalue weighted by Gasteiger charge is -2.53. The molecule has 3 rings (SSSR count). The number of nitrogens with zero attached hydrogens (tertiary/aromatic N) is 5. The number of rotatable bonds is 1. The highest BCUT2D eigenvalue weighted by atomic mass is 32.1. The quantitative estimate of drug-likeness (QED) is 0.751. The smallest absolute Gasteiger partial charge is 0.330 e. The van der Waals surface area contributed by atoms with Gasteiger partial charge in [-0.1, -0.05) is 0 Å². The van der Waals surface area contributed by atoms with Crippen molar-refractivity contribution in [1.29, 1.82) is 5.26 Å². The third kappa shape index (κ3) is 2.70. The number of alkyl halides is 3. The van der Waals surface area contributed by atoms with Crippen LogP contribution in [0.4, 0.5) is 24.7 Å². The molecule has 0 unspecified atom stereocenters. The SMILES string of the molecule is CC(C)N1CCN2c3nc(C#N)c(C(F)(F)F)cc3N(C)C(=O)[C@@]2(S)C1. The van der Waals surface area contributed by atoms with Gasteiger partial charge in [0.25, 0.3) is 5.91 Å². The summed E-state index contributed by atoms with van der Waals surface area (Å²) in [6.45, 7) is 5.29. The van der Waals surface area contributed by atoms with Crippen LogP contribution in [0, 0.1) is 11.3 Å². The van der Waals surface area contributed by atoms with E-state index in [0.29, 0.717) is 19.6 Å². The Morgan fingerprint density at radius 2 is 2.04 bits per heavy atom. The Bertz CT molecular complexity index is 806. The molecule has 10 heteroatoms. The van der Waals surface area contributed by atoms with Crippen molar-refractivity contribution in [3.63, 3.8) is 0 Å². The van der Waals surface area contributed by atoms with E-state index in [1.807, 2.05) is 13.8 Å². The van der Waals surface area contributed by atoms with Gasteiger partial charge in [0.15, 0.2) is 16.4 Å². The number of pyridine rings is 1. The zero-order chi connectivity index (χ0) is 19.4. The Kier molecular flexibility index (Phi) is 4.36. The second kappa shape index (κ2) is 6.03. The van der Waals surface area contributed by atoms with Gasteiger partial charge in [-0.2, -0.15) is 18.4 Å². The second-order valence-corrected chi connectivity index (χ2v) is 7.47. The molecule has 140 valence electrons. The summed E-state index contributed by atoms with van der Waals surface area (Å²) in [7, 11) is 1.40. The lowest BCUT2D eigenvalue weighted by Crippen LogP contribution is -2.69. The lowest BCUT2D eigenvalue weighted by molar-refractivity contribution is -0.138. The van der Waals surface area contributed by atoms with Crippen molar-refractivity contribution in [2.24, 2.45) is 0 Å². The first-order valence-corrected chi connectivity index (χ1v) is 8.50. The number of nitriles is 1. The number of thiol groups is 1. The van der Waals surface area contributed by atoms with Crippen LogP contribution in [0.3, 0.4) is 0 Å². The molecule has 2 aliphatic rings. The summed E-state index contributed by atoms with van der Waals surface area (Å²) in [5.41, 5.74) is -1.82.